The molecule has 0 aromatic heterocycles. The Morgan fingerprint density at radius 3 is 2.45 bits per heavy atom. The van der Waals surface area contributed by atoms with Crippen LogP contribution >= 0.6 is 0 Å². The molecule has 0 atom stereocenters. The minimum atomic E-state index is -3.57. The standard InChI is InChI=1S/C15H14N2O2S/c1-12-9-15(8-7-14(12)10-16)20(18,19)17-11-13-5-3-2-4-6-13/h2-9,17H,11H2,1H3. The van der Waals surface area contributed by atoms with Crippen molar-refractivity contribution in [3.05, 3.63) is 65.2 Å². The SMILES string of the molecule is Cc1cc(S(=O)(=O)NCc2ccccc2)ccc1C#N. The van der Waals surface area contributed by atoms with Crippen LogP contribution in [0.25, 0.3) is 0 Å². The lowest BCUT2D eigenvalue weighted by Gasteiger charge is -2.08. The van der Waals surface area contributed by atoms with Gasteiger partial charge < -0.3 is 0 Å². The van der Waals surface area contributed by atoms with Crippen molar-refractivity contribution < 1.29 is 8.42 Å². The number of hydrogen-bond acceptors (Lipinski definition) is 3. The fraction of sp³-hybridized carbons (Fsp3) is 0.133. The van der Waals surface area contributed by atoms with Crippen molar-refractivity contribution >= 4 is 10.0 Å². The Morgan fingerprint density at radius 1 is 1.15 bits per heavy atom. The Bertz CT molecular complexity index is 747. The van der Waals surface area contributed by atoms with E-state index in [1.165, 1.54) is 18.2 Å². The molecule has 0 amide bonds. The molecule has 0 bridgehead atoms. The van der Waals surface area contributed by atoms with E-state index in [-0.39, 0.29) is 11.4 Å². The fourth-order valence-corrected chi connectivity index (χ4v) is 2.89. The molecule has 1 N–H and O–H groups in total. The molecule has 5 heteroatoms. The lowest BCUT2D eigenvalue weighted by molar-refractivity contribution is 0.581. The first kappa shape index (κ1) is 14.3. The minimum Gasteiger partial charge on any atom is -0.207 e. The zero-order valence-electron chi connectivity index (χ0n) is 11.0. The van der Waals surface area contributed by atoms with E-state index in [1.54, 1.807) is 6.92 Å². The van der Waals surface area contributed by atoms with Gasteiger partial charge in [-0.15, -0.1) is 0 Å². The first-order valence-corrected chi connectivity index (χ1v) is 7.55. The molecule has 2 rings (SSSR count). The second kappa shape index (κ2) is 5.87. The molecule has 0 unspecified atom stereocenters. The molecule has 0 heterocycles. The lowest BCUT2D eigenvalue weighted by Crippen LogP contribution is -2.23. The molecule has 0 saturated heterocycles. The van der Waals surface area contributed by atoms with Crippen LogP contribution in [-0.4, -0.2) is 8.42 Å². The van der Waals surface area contributed by atoms with Crippen LogP contribution in [0.2, 0.25) is 0 Å². The molecule has 0 spiro atoms. The summed E-state index contributed by atoms with van der Waals surface area (Å²) in [6.07, 6.45) is 0. The molecular formula is C15H14N2O2S. The van der Waals surface area contributed by atoms with Gasteiger partial charge in [0.05, 0.1) is 16.5 Å². The van der Waals surface area contributed by atoms with E-state index in [4.69, 9.17) is 5.26 Å². The van der Waals surface area contributed by atoms with Gasteiger partial charge >= 0.3 is 0 Å². The molecule has 0 fully saturated rings. The zero-order chi connectivity index (χ0) is 14.6. The van der Waals surface area contributed by atoms with Crippen LogP contribution in [0.1, 0.15) is 16.7 Å². The smallest absolute Gasteiger partial charge is 0.207 e. The van der Waals surface area contributed by atoms with Gasteiger partial charge in [0.25, 0.3) is 0 Å². The lowest BCUT2D eigenvalue weighted by atomic mass is 10.1. The van der Waals surface area contributed by atoms with E-state index in [1.807, 2.05) is 36.4 Å². The van der Waals surface area contributed by atoms with E-state index >= 15 is 0 Å². The molecule has 0 aliphatic heterocycles. The van der Waals surface area contributed by atoms with Gasteiger partial charge in [0, 0.05) is 6.54 Å². The quantitative estimate of drug-likeness (QED) is 0.938. The largest absolute Gasteiger partial charge is 0.240 e. The Hall–Kier alpha value is -2.16. The normalized spacial score (nSPS) is 11.0. The van der Waals surface area contributed by atoms with Crippen LogP contribution < -0.4 is 4.72 Å². The van der Waals surface area contributed by atoms with Crippen LogP contribution in [0.3, 0.4) is 0 Å². The molecule has 0 radical (unpaired) electrons. The van der Waals surface area contributed by atoms with Crippen molar-refractivity contribution in [2.24, 2.45) is 0 Å². The number of nitrogens with zero attached hydrogens (tertiary/aromatic N) is 1. The summed E-state index contributed by atoms with van der Waals surface area (Å²) in [5, 5.41) is 8.85. The molecule has 0 aliphatic rings. The topological polar surface area (TPSA) is 70.0 Å². The molecule has 0 saturated carbocycles. The van der Waals surface area contributed by atoms with Crippen molar-refractivity contribution in [1.29, 1.82) is 5.26 Å². The van der Waals surface area contributed by atoms with Gasteiger partial charge in [0.15, 0.2) is 0 Å². The average Bonchev–Trinajstić information content (AvgIpc) is 2.46. The zero-order valence-corrected chi connectivity index (χ0v) is 11.8. The Labute approximate surface area is 118 Å². The number of hydrogen-bond donors (Lipinski definition) is 1. The molecule has 102 valence electrons. The second-order valence-corrected chi connectivity index (χ2v) is 6.17. The highest BCUT2D eigenvalue weighted by molar-refractivity contribution is 7.89. The summed E-state index contributed by atoms with van der Waals surface area (Å²) >= 11 is 0. The highest BCUT2D eigenvalue weighted by atomic mass is 32.2. The van der Waals surface area contributed by atoms with Gasteiger partial charge in [-0.25, -0.2) is 13.1 Å². The molecular weight excluding hydrogens is 272 g/mol. The predicted octanol–water partition coefficient (Wildman–Crippen LogP) is 2.35. The van der Waals surface area contributed by atoms with Crippen LogP contribution in [-0.2, 0) is 16.6 Å². The minimum absolute atomic E-state index is 0.171. The second-order valence-electron chi connectivity index (χ2n) is 4.40. The molecule has 2 aromatic rings. The van der Waals surface area contributed by atoms with Crippen LogP contribution in [0.15, 0.2) is 53.4 Å². The number of nitriles is 1. The first-order valence-electron chi connectivity index (χ1n) is 6.07. The predicted molar refractivity (Wildman–Crippen MR) is 76.4 cm³/mol. The maximum absolute atomic E-state index is 12.2. The van der Waals surface area contributed by atoms with Crippen molar-refractivity contribution in [2.75, 3.05) is 0 Å². The van der Waals surface area contributed by atoms with Crippen LogP contribution in [0.4, 0.5) is 0 Å². The summed E-state index contributed by atoms with van der Waals surface area (Å²) < 4.78 is 26.9. The highest BCUT2D eigenvalue weighted by Gasteiger charge is 2.14. The van der Waals surface area contributed by atoms with Gasteiger partial charge in [0.1, 0.15) is 0 Å². The number of benzene rings is 2. The van der Waals surface area contributed by atoms with Gasteiger partial charge in [-0.3, -0.25) is 0 Å². The van der Waals surface area contributed by atoms with E-state index < -0.39 is 10.0 Å². The summed E-state index contributed by atoms with van der Waals surface area (Å²) in [7, 11) is -3.57. The van der Waals surface area contributed by atoms with E-state index in [2.05, 4.69) is 4.72 Å². The van der Waals surface area contributed by atoms with Crippen molar-refractivity contribution in [2.45, 2.75) is 18.4 Å². The number of sulfonamides is 1. The van der Waals surface area contributed by atoms with Gasteiger partial charge in [-0.1, -0.05) is 30.3 Å². The van der Waals surface area contributed by atoms with Crippen LogP contribution in [0.5, 0.6) is 0 Å². The van der Waals surface area contributed by atoms with Crippen molar-refractivity contribution in [1.82, 2.24) is 4.72 Å². The number of nitrogens with one attached hydrogen (secondary N) is 1. The maximum Gasteiger partial charge on any atom is 0.240 e. The fourth-order valence-electron chi connectivity index (χ4n) is 1.79. The van der Waals surface area contributed by atoms with Crippen molar-refractivity contribution in [3.8, 4) is 6.07 Å². The number of aryl methyl sites for hydroxylation is 1. The maximum atomic E-state index is 12.2. The third-order valence-corrected chi connectivity index (χ3v) is 4.34. The first-order chi connectivity index (χ1) is 9.53. The van der Waals surface area contributed by atoms with Gasteiger partial charge in [-0.05, 0) is 36.2 Å². The van der Waals surface area contributed by atoms with Gasteiger partial charge in [-0.2, -0.15) is 5.26 Å². The monoisotopic (exact) mass is 286 g/mol. The van der Waals surface area contributed by atoms with Gasteiger partial charge in [0.2, 0.25) is 10.0 Å². The molecule has 2 aromatic carbocycles. The Balaban J connectivity index is 2.19. The van der Waals surface area contributed by atoms with Crippen molar-refractivity contribution in [3.63, 3.8) is 0 Å². The summed E-state index contributed by atoms with van der Waals surface area (Å²) in [4.78, 5) is 0.171. The summed E-state index contributed by atoms with van der Waals surface area (Å²) in [5.74, 6) is 0. The number of rotatable bonds is 4. The Morgan fingerprint density at radius 2 is 1.85 bits per heavy atom. The average molecular weight is 286 g/mol. The van der Waals surface area contributed by atoms with E-state index in [9.17, 15) is 8.42 Å². The van der Waals surface area contributed by atoms with Crippen LogP contribution in [0, 0.1) is 18.3 Å². The summed E-state index contributed by atoms with van der Waals surface area (Å²) in [6.45, 7) is 1.96. The third-order valence-electron chi connectivity index (χ3n) is 2.94. The highest BCUT2D eigenvalue weighted by Crippen LogP contribution is 2.15. The molecule has 0 aliphatic carbocycles. The molecule has 4 nitrogen and oxygen atoms in total. The third kappa shape index (κ3) is 3.23. The molecule has 20 heavy (non-hydrogen) atoms. The van der Waals surface area contributed by atoms with E-state index in [0.717, 1.165) is 5.56 Å². The summed E-state index contributed by atoms with van der Waals surface area (Å²) in [6, 6.07) is 15.8. The Kier molecular flexibility index (Phi) is 4.18. The summed E-state index contributed by atoms with van der Waals surface area (Å²) in [5.41, 5.74) is 2.02. The van der Waals surface area contributed by atoms with E-state index in [0.29, 0.717) is 11.1 Å².